The van der Waals surface area contributed by atoms with Gasteiger partial charge in [-0.1, -0.05) is 32.9 Å². The van der Waals surface area contributed by atoms with Gasteiger partial charge in [0.2, 0.25) is 10.0 Å². The lowest BCUT2D eigenvalue weighted by atomic mass is 9.70. The normalized spacial score (nSPS) is 34.2. The van der Waals surface area contributed by atoms with Crippen LogP contribution in [-0.2, 0) is 10.0 Å². The number of hydrogen-bond acceptors (Lipinski definition) is 4. The summed E-state index contributed by atoms with van der Waals surface area (Å²) in [6.45, 7) is 8.63. The number of sulfonamides is 1. The zero-order valence-corrected chi connectivity index (χ0v) is 13.6. The van der Waals surface area contributed by atoms with Gasteiger partial charge in [-0.25, -0.2) is 13.1 Å². The highest BCUT2D eigenvalue weighted by Gasteiger charge is 2.64. The Balaban J connectivity index is 2.26. The molecule has 0 aromatic rings. The molecule has 6 heteroatoms. The Morgan fingerprint density at radius 1 is 1.45 bits per heavy atom. The topological polar surface area (TPSA) is 78.8 Å². The van der Waals surface area contributed by atoms with Crippen molar-refractivity contribution in [1.82, 2.24) is 4.72 Å². The molecule has 2 aliphatic carbocycles. The fourth-order valence-corrected chi connectivity index (χ4v) is 5.96. The Kier molecular flexibility index (Phi) is 3.93. The van der Waals surface area contributed by atoms with E-state index in [1.165, 1.54) is 0 Å². The van der Waals surface area contributed by atoms with E-state index < -0.39 is 15.4 Å². The van der Waals surface area contributed by atoms with Crippen LogP contribution in [0.4, 0.5) is 0 Å². The minimum atomic E-state index is -3.36. The Hall–Kier alpha value is -0.620. The zero-order valence-electron chi connectivity index (χ0n) is 12.8. The molecule has 0 spiro atoms. The van der Waals surface area contributed by atoms with Gasteiger partial charge in [-0.3, -0.25) is 0 Å². The summed E-state index contributed by atoms with van der Waals surface area (Å²) >= 11 is 0. The zero-order chi connectivity index (χ0) is 15.2. The third kappa shape index (κ3) is 2.37. The summed E-state index contributed by atoms with van der Waals surface area (Å²) in [6, 6.07) is 0. The third-order valence-corrected chi connectivity index (χ3v) is 6.91. The molecule has 2 saturated carbocycles. The van der Waals surface area contributed by atoms with Gasteiger partial charge < -0.3 is 5.21 Å². The number of hydrogen-bond donors (Lipinski definition) is 2. The van der Waals surface area contributed by atoms with Gasteiger partial charge in [0.15, 0.2) is 0 Å². The first-order valence-corrected chi connectivity index (χ1v) is 8.98. The van der Waals surface area contributed by atoms with Crippen LogP contribution in [0, 0.1) is 22.7 Å². The van der Waals surface area contributed by atoms with Crippen molar-refractivity contribution in [2.45, 2.75) is 47.0 Å². The Morgan fingerprint density at radius 2 is 2.10 bits per heavy atom. The predicted octanol–water partition coefficient (Wildman–Crippen LogP) is 2.22. The van der Waals surface area contributed by atoms with Gasteiger partial charge in [-0.05, 0) is 36.5 Å². The minimum Gasteiger partial charge on any atom is -0.411 e. The Labute approximate surface area is 121 Å². The monoisotopic (exact) mass is 302 g/mol. The molecule has 2 N–H and O–H groups in total. The van der Waals surface area contributed by atoms with Crippen LogP contribution >= 0.6 is 0 Å². The molecule has 116 valence electrons. The molecule has 0 aliphatic heterocycles. The maximum atomic E-state index is 12.4. The van der Waals surface area contributed by atoms with Crippen LogP contribution in [0.5, 0.6) is 0 Å². The molecule has 0 aromatic carbocycles. The molecular formula is C14H26N2O3S. The SMILES string of the molecule is CC(C)CNS(=O)(=O)CC12CCC(CC1=NO)C2(C)C. The van der Waals surface area contributed by atoms with E-state index in [2.05, 4.69) is 23.7 Å². The van der Waals surface area contributed by atoms with Crippen LogP contribution in [0.25, 0.3) is 0 Å². The summed E-state index contributed by atoms with van der Waals surface area (Å²) in [5.41, 5.74) is 0.0461. The van der Waals surface area contributed by atoms with E-state index in [-0.39, 0.29) is 17.1 Å². The van der Waals surface area contributed by atoms with Gasteiger partial charge in [0.25, 0.3) is 0 Å². The molecule has 0 saturated heterocycles. The second kappa shape index (κ2) is 4.98. The van der Waals surface area contributed by atoms with E-state index in [4.69, 9.17) is 0 Å². The van der Waals surface area contributed by atoms with Crippen molar-refractivity contribution >= 4 is 15.7 Å². The molecule has 2 rings (SSSR count). The van der Waals surface area contributed by atoms with Gasteiger partial charge in [0, 0.05) is 12.0 Å². The molecule has 5 nitrogen and oxygen atoms in total. The summed E-state index contributed by atoms with van der Waals surface area (Å²) < 4.78 is 27.4. The number of fused-ring (bicyclic) bond motifs is 2. The van der Waals surface area contributed by atoms with E-state index in [9.17, 15) is 13.6 Å². The highest BCUT2D eigenvalue weighted by molar-refractivity contribution is 7.89. The van der Waals surface area contributed by atoms with Crippen LogP contribution < -0.4 is 4.72 Å². The van der Waals surface area contributed by atoms with E-state index in [1.807, 2.05) is 13.8 Å². The van der Waals surface area contributed by atoms with Gasteiger partial charge in [-0.15, -0.1) is 0 Å². The third-order valence-electron chi connectivity index (χ3n) is 5.43. The van der Waals surface area contributed by atoms with E-state index in [1.54, 1.807) is 0 Å². The summed E-state index contributed by atoms with van der Waals surface area (Å²) in [6.07, 6.45) is 2.54. The van der Waals surface area contributed by atoms with E-state index in [0.29, 0.717) is 18.2 Å². The van der Waals surface area contributed by atoms with Gasteiger partial charge in [0.1, 0.15) is 0 Å². The van der Waals surface area contributed by atoms with Crippen LogP contribution in [0.3, 0.4) is 0 Å². The maximum absolute atomic E-state index is 12.4. The number of rotatable bonds is 5. The predicted molar refractivity (Wildman–Crippen MR) is 79.4 cm³/mol. The Bertz CT molecular complexity index is 511. The maximum Gasteiger partial charge on any atom is 0.212 e. The van der Waals surface area contributed by atoms with Gasteiger partial charge in [-0.2, -0.15) is 0 Å². The highest BCUT2D eigenvalue weighted by atomic mass is 32.2. The Morgan fingerprint density at radius 3 is 2.60 bits per heavy atom. The van der Waals surface area contributed by atoms with Crippen molar-refractivity contribution < 1.29 is 13.6 Å². The van der Waals surface area contributed by atoms with Crippen molar-refractivity contribution in [2.75, 3.05) is 12.3 Å². The lowest BCUT2D eigenvalue weighted by Crippen LogP contribution is -2.45. The molecule has 0 amide bonds. The van der Waals surface area contributed by atoms with Crippen LogP contribution in [0.2, 0.25) is 0 Å². The first-order valence-electron chi connectivity index (χ1n) is 7.33. The van der Waals surface area contributed by atoms with E-state index in [0.717, 1.165) is 19.3 Å². The first kappa shape index (κ1) is 15.8. The molecule has 0 radical (unpaired) electrons. The van der Waals surface area contributed by atoms with E-state index >= 15 is 0 Å². The molecule has 0 aromatic heterocycles. The van der Waals surface area contributed by atoms with Crippen molar-refractivity contribution in [3.05, 3.63) is 0 Å². The van der Waals surface area contributed by atoms with Crippen LogP contribution in [-0.4, -0.2) is 31.6 Å². The molecule has 2 unspecified atom stereocenters. The number of nitrogens with zero attached hydrogens (tertiary/aromatic N) is 1. The van der Waals surface area contributed by atoms with Crippen LogP contribution in [0.1, 0.15) is 47.0 Å². The molecule has 20 heavy (non-hydrogen) atoms. The largest absolute Gasteiger partial charge is 0.411 e. The fourth-order valence-electron chi connectivity index (χ4n) is 3.94. The summed E-state index contributed by atoms with van der Waals surface area (Å²) in [5, 5.41) is 12.7. The smallest absolute Gasteiger partial charge is 0.212 e. The summed E-state index contributed by atoms with van der Waals surface area (Å²) in [4.78, 5) is 0. The lowest BCUT2D eigenvalue weighted by molar-refractivity contribution is 0.192. The second-order valence-corrected chi connectivity index (χ2v) is 9.10. The quantitative estimate of drug-likeness (QED) is 0.604. The highest BCUT2D eigenvalue weighted by Crippen LogP contribution is 2.64. The number of nitrogens with one attached hydrogen (secondary N) is 1. The van der Waals surface area contributed by atoms with Crippen molar-refractivity contribution in [3.63, 3.8) is 0 Å². The lowest BCUT2D eigenvalue weighted by Gasteiger charge is -2.37. The van der Waals surface area contributed by atoms with Crippen molar-refractivity contribution in [3.8, 4) is 0 Å². The molecule has 2 atom stereocenters. The fraction of sp³-hybridized carbons (Fsp3) is 0.929. The average molecular weight is 302 g/mol. The molecule has 2 aliphatic rings. The van der Waals surface area contributed by atoms with Crippen molar-refractivity contribution in [1.29, 1.82) is 0 Å². The minimum absolute atomic E-state index is 0.0373. The van der Waals surface area contributed by atoms with Gasteiger partial charge >= 0.3 is 0 Å². The molecular weight excluding hydrogens is 276 g/mol. The standard InChI is InChI=1S/C14H26N2O3S/c1-10(2)8-15-20(18,19)9-14-6-5-11(13(14,3)4)7-12(14)16-17/h10-11,15,17H,5-9H2,1-4H3. The molecule has 2 fully saturated rings. The van der Waals surface area contributed by atoms with Crippen LogP contribution in [0.15, 0.2) is 5.16 Å². The first-order chi connectivity index (χ1) is 9.14. The molecule has 0 heterocycles. The molecule has 2 bridgehead atoms. The summed E-state index contributed by atoms with van der Waals surface area (Å²) in [5.74, 6) is 0.741. The second-order valence-electron chi connectivity index (χ2n) is 7.29. The average Bonchev–Trinajstić information content (AvgIpc) is 2.69. The van der Waals surface area contributed by atoms with Gasteiger partial charge in [0.05, 0.1) is 11.5 Å². The summed E-state index contributed by atoms with van der Waals surface area (Å²) in [7, 11) is -3.36. The van der Waals surface area contributed by atoms with Crippen molar-refractivity contribution in [2.24, 2.45) is 27.8 Å². The number of oxime groups is 1.